The van der Waals surface area contributed by atoms with Gasteiger partial charge in [0.05, 0.1) is 16.4 Å². The van der Waals surface area contributed by atoms with Crippen LogP contribution < -0.4 is 0 Å². The SMILES string of the molecule is CC.CC(C)c1ccccc1.CC(C)c1ccccc1.Oc1ccc2cc(C3(c4ccc5cc(O)ccc5c4)c4ccccc4-c4ccccc43)ccc2c1.c1ccc(-n2c3ccccc3c3ccccc32)cc1. The van der Waals surface area contributed by atoms with Crippen LogP contribution in [0.1, 0.15) is 86.8 Å². The third kappa shape index (κ3) is 10.2. The lowest BCUT2D eigenvalue weighted by molar-refractivity contribution is 0.475. The molecule has 74 heavy (non-hydrogen) atoms. The van der Waals surface area contributed by atoms with Crippen molar-refractivity contribution in [1.29, 1.82) is 0 Å². The quantitative estimate of drug-likeness (QED) is 0.181. The summed E-state index contributed by atoms with van der Waals surface area (Å²) in [4.78, 5) is 0. The average Bonchev–Trinajstić information content (AvgIpc) is 3.98. The minimum absolute atomic E-state index is 0.273. The van der Waals surface area contributed by atoms with Gasteiger partial charge in [0.1, 0.15) is 11.5 Å². The maximum Gasteiger partial charge on any atom is 0.116 e. The van der Waals surface area contributed by atoms with Crippen LogP contribution in [0.3, 0.4) is 0 Å². The molecule has 0 radical (unpaired) electrons. The normalized spacial score (nSPS) is 11.8. The summed E-state index contributed by atoms with van der Waals surface area (Å²) in [7, 11) is 0. The lowest BCUT2D eigenvalue weighted by atomic mass is 9.67. The summed E-state index contributed by atoms with van der Waals surface area (Å²) >= 11 is 0. The standard InChI is InChI=1S/C33H22O2.C18H13N.2C9H12.C2H6/c34-27-15-11-21-17-25(13-9-23(21)19-27)33(26-14-10-24-20-28(35)16-12-22(24)18-26)31-7-3-1-5-29(31)30-6-2-4-8-32(30)33;1-2-8-14(9-3-1)19-17-12-6-4-10-15(17)16-11-5-7-13-18(16)19;2*1-8(2)9-6-4-3-5-7-9;1-2/h1-20,34-35H;1-13H;2*3-8H,1-2H3;1-2H3. The Morgan fingerprint density at radius 1 is 0.338 bits per heavy atom. The number of phenolic OH excluding ortho intramolecular Hbond substituents is 2. The molecule has 0 amide bonds. The first kappa shape index (κ1) is 50.3. The Bertz CT molecular complexity index is 3550. The highest BCUT2D eigenvalue weighted by Crippen LogP contribution is 2.56. The highest BCUT2D eigenvalue weighted by atomic mass is 16.3. The summed E-state index contributed by atoms with van der Waals surface area (Å²) in [6.45, 7) is 12.8. The fraction of sp³-hybridized carbons (Fsp3) is 0.127. The van der Waals surface area contributed by atoms with Gasteiger partial charge in [-0.15, -0.1) is 0 Å². The summed E-state index contributed by atoms with van der Waals surface area (Å²) < 4.78 is 2.32. The number of rotatable bonds is 5. The first-order valence-corrected chi connectivity index (χ1v) is 26.0. The number of para-hydroxylation sites is 3. The summed E-state index contributed by atoms with van der Waals surface area (Å²) in [6.07, 6.45) is 0. The van der Waals surface area contributed by atoms with E-state index in [1.807, 2.05) is 50.2 Å². The van der Waals surface area contributed by atoms with Gasteiger partial charge in [-0.25, -0.2) is 0 Å². The number of nitrogens with zero attached hydrogens (tertiary/aromatic N) is 1. The van der Waals surface area contributed by atoms with Crippen molar-refractivity contribution >= 4 is 43.4 Å². The first-order valence-electron chi connectivity index (χ1n) is 26.0. The zero-order chi connectivity index (χ0) is 51.6. The molecule has 366 valence electrons. The van der Waals surface area contributed by atoms with Crippen molar-refractivity contribution in [2.24, 2.45) is 0 Å². The monoisotopic (exact) mass is 964 g/mol. The van der Waals surface area contributed by atoms with Gasteiger partial charge in [0.15, 0.2) is 0 Å². The lowest BCUT2D eigenvalue weighted by Gasteiger charge is -2.34. The number of benzene rings is 11. The van der Waals surface area contributed by atoms with Gasteiger partial charge < -0.3 is 14.8 Å². The van der Waals surface area contributed by atoms with Crippen LogP contribution in [-0.2, 0) is 5.41 Å². The third-order valence-electron chi connectivity index (χ3n) is 14.0. The topological polar surface area (TPSA) is 45.4 Å². The van der Waals surface area contributed by atoms with Crippen LogP contribution >= 0.6 is 0 Å². The number of hydrogen-bond acceptors (Lipinski definition) is 2. The third-order valence-corrected chi connectivity index (χ3v) is 14.0. The van der Waals surface area contributed by atoms with Crippen molar-refractivity contribution in [3.8, 4) is 28.3 Å². The largest absolute Gasteiger partial charge is 0.508 e. The van der Waals surface area contributed by atoms with Crippen molar-refractivity contribution < 1.29 is 10.2 Å². The number of fused-ring (bicyclic) bond motifs is 8. The van der Waals surface area contributed by atoms with Crippen LogP contribution in [-0.4, -0.2) is 14.8 Å². The Labute approximate surface area is 437 Å². The molecule has 13 rings (SSSR count). The molecule has 0 fully saturated rings. The van der Waals surface area contributed by atoms with Crippen LogP contribution in [0.25, 0.3) is 60.2 Å². The summed E-state index contributed by atoms with van der Waals surface area (Å²) in [5.41, 5.74) is 13.5. The van der Waals surface area contributed by atoms with E-state index in [0.29, 0.717) is 11.8 Å². The second kappa shape index (κ2) is 22.8. The Balaban J connectivity index is 0.000000143. The molecule has 0 unspecified atom stereocenters. The summed E-state index contributed by atoms with van der Waals surface area (Å²) in [5, 5.41) is 26.8. The molecule has 12 aromatic rings. The van der Waals surface area contributed by atoms with Crippen molar-refractivity contribution in [3.05, 3.63) is 294 Å². The Kier molecular flexibility index (Phi) is 15.5. The molecule has 3 nitrogen and oxygen atoms in total. The maximum absolute atomic E-state index is 10.0. The van der Waals surface area contributed by atoms with Gasteiger partial charge in [-0.3, -0.25) is 0 Å². The molecule has 2 N–H and O–H groups in total. The van der Waals surface area contributed by atoms with E-state index >= 15 is 0 Å². The van der Waals surface area contributed by atoms with Crippen LogP contribution in [0.4, 0.5) is 0 Å². The maximum atomic E-state index is 10.0. The number of aromatic nitrogens is 1. The molecule has 1 aliphatic rings. The van der Waals surface area contributed by atoms with E-state index in [1.54, 1.807) is 12.1 Å². The minimum atomic E-state index is -0.495. The van der Waals surface area contributed by atoms with Gasteiger partial charge in [-0.2, -0.15) is 0 Å². The number of phenols is 2. The Morgan fingerprint density at radius 2 is 0.676 bits per heavy atom. The Morgan fingerprint density at radius 3 is 1.08 bits per heavy atom. The van der Waals surface area contributed by atoms with E-state index in [9.17, 15) is 10.2 Å². The molecular weight excluding hydrogens is 899 g/mol. The van der Waals surface area contributed by atoms with Crippen LogP contribution in [0, 0.1) is 0 Å². The molecule has 0 atom stereocenters. The van der Waals surface area contributed by atoms with E-state index in [1.165, 1.54) is 72.0 Å². The van der Waals surface area contributed by atoms with E-state index in [0.717, 1.165) is 21.5 Å². The molecular formula is C71H65NO2. The molecule has 3 heteroatoms. The lowest BCUT2D eigenvalue weighted by Crippen LogP contribution is -2.28. The van der Waals surface area contributed by atoms with Crippen molar-refractivity contribution in [1.82, 2.24) is 4.57 Å². The van der Waals surface area contributed by atoms with E-state index in [4.69, 9.17) is 0 Å². The second-order valence-corrected chi connectivity index (χ2v) is 19.2. The molecule has 1 aliphatic carbocycles. The predicted octanol–water partition coefficient (Wildman–Crippen LogP) is 19.2. The van der Waals surface area contributed by atoms with E-state index in [2.05, 4.69) is 245 Å². The molecule has 0 saturated heterocycles. The minimum Gasteiger partial charge on any atom is -0.508 e. The van der Waals surface area contributed by atoms with Gasteiger partial charge >= 0.3 is 0 Å². The van der Waals surface area contributed by atoms with Crippen LogP contribution in [0.5, 0.6) is 11.5 Å². The number of hydrogen-bond donors (Lipinski definition) is 2. The molecule has 0 aliphatic heterocycles. The van der Waals surface area contributed by atoms with Gasteiger partial charge in [-0.1, -0.05) is 242 Å². The fourth-order valence-electron chi connectivity index (χ4n) is 10.4. The zero-order valence-corrected chi connectivity index (χ0v) is 43.3. The first-order chi connectivity index (χ1) is 36.2. The van der Waals surface area contributed by atoms with Gasteiger partial charge in [0, 0.05) is 16.5 Å². The van der Waals surface area contributed by atoms with Crippen LogP contribution in [0.2, 0.25) is 0 Å². The second-order valence-electron chi connectivity index (χ2n) is 19.2. The van der Waals surface area contributed by atoms with Crippen molar-refractivity contribution in [2.75, 3.05) is 0 Å². The molecule has 1 heterocycles. The smallest absolute Gasteiger partial charge is 0.116 e. The molecule has 1 aromatic heterocycles. The zero-order valence-electron chi connectivity index (χ0n) is 43.3. The van der Waals surface area contributed by atoms with Gasteiger partial charge in [-0.05, 0) is 139 Å². The highest BCUT2D eigenvalue weighted by molar-refractivity contribution is 6.09. The molecule has 0 bridgehead atoms. The average molecular weight is 964 g/mol. The van der Waals surface area contributed by atoms with E-state index in [-0.39, 0.29) is 11.5 Å². The Hall–Kier alpha value is -8.66. The molecule has 0 saturated carbocycles. The number of aromatic hydroxyl groups is 2. The van der Waals surface area contributed by atoms with Crippen LogP contribution in [0.15, 0.2) is 261 Å². The van der Waals surface area contributed by atoms with Gasteiger partial charge in [0.25, 0.3) is 0 Å². The van der Waals surface area contributed by atoms with Gasteiger partial charge in [0.2, 0.25) is 0 Å². The predicted molar refractivity (Wildman–Crippen MR) is 315 cm³/mol. The molecule has 0 spiro atoms. The summed E-state index contributed by atoms with van der Waals surface area (Å²) in [6, 6.07) is 90.3. The van der Waals surface area contributed by atoms with Crippen molar-refractivity contribution in [2.45, 2.75) is 58.8 Å². The highest BCUT2D eigenvalue weighted by Gasteiger charge is 2.46. The summed E-state index contributed by atoms with van der Waals surface area (Å²) in [5.74, 6) is 1.86. The van der Waals surface area contributed by atoms with Crippen molar-refractivity contribution in [3.63, 3.8) is 0 Å². The fourth-order valence-corrected chi connectivity index (χ4v) is 10.4. The molecule has 11 aromatic carbocycles. The van der Waals surface area contributed by atoms with E-state index < -0.39 is 5.41 Å².